The average molecular weight is 356 g/mol. The van der Waals surface area contributed by atoms with Crippen molar-refractivity contribution in [1.82, 2.24) is 19.6 Å². The first-order valence-corrected chi connectivity index (χ1v) is 9.90. The number of carbonyl (C=O) groups is 1. The van der Waals surface area contributed by atoms with E-state index in [1.165, 1.54) is 32.1 Å². The normalized spacial score (nSPS) is 22.6. The quantitative estimate of drug-likeness (QED) is 0.767. The van der Waals surface area contributed by atoms with Crippen LogP contribution in [0, 0.1) is 5.92 Å². The van der Waals surface area contributed by atoms with E-state index in [1.54, 1.807) is 6.20 Å². The van der Waals surface area contributed by atoms with Crippen LogP contribution in [-0.4, -0.2) is 38.5 Å². The molecule has 2 aliphatic rings. The van der Waals surface area contributed by atoms with Gasteiger partial charge in [0.05, 0.1) is 12.2 Å². The van der Waals surface area contributed by atoms with E-state index in [4.69, 9.17) is 4.52 Å². The van der Waals surface area contributed by atoms with Gasteiger partial charge < -0.3 is 9.09 Å². The van der Waals surface area contributed by atoms with Crippen molar-refractivity contribution in [3.05, 3.63) is 35.7 Å². The number of Topliss-reactive ketones (excluding diaryl/α,β-unsaturated/α-hetero) is 1. The number of likely N-dealkylation sites (tertiary alicyclic amines) is 1. The molecule has 0 bridgehead atoms. The third-order valence-corrected chi connectivity index (χ3v) is 5.90. The van der Waals surface area contributed by atoms with Gasteiger partial charge in [0.1, 0.15) is 0 Å². The Bertz CT molecular complexity index is 745. The van der Waals surface area contributed by atoms with Crippen molar-refractivity contribution in [3.8, 4) is 0 Å². The first-order valence-electron chi connectivity index (χ1n) is 9.90. The van der Waals surface area contributed by atoms with Crippen molar-refractivity contribution in [1.29, 1.82) is 0 Å². The van der Waals surface area contributed by atoms with Crippen LogP contribution < -0.4 is 0 Å². The number of hydrogen-bond acceptors (Lipinski definition) is 5. The molecule has 6 heteroatoms. The minimum absolute atomic E-state index is 0.0191. The summed E-state index contributed by atoms with van der Waals surface area (Å²) < 4.78 is 7.43. The van der Waals surface area contributed by atoms with Crippen molar-refractivity contribution < 1.29 is 9.32 Å². The molecule has 1 atom stereocenters. The Balaban J connectivity index is 1.37. The standard InChI is InChI=1S/C20H28N4O2/c1-23-11-9-21-20(23)19(25)16-8-5-10-24(13-16)14-17-12-18(22-26-17)15-6-3-2-4-7-15/h9,11-12,15-16H,2-8,10,13-14H2,1H3. The predicted octanol–water partition coefficient (Wildman–Crippen LogP) is 3.55. The number of aromatic nitrogens is 3. The number of hydrogen-bond donors (Lipinski definition) is 0. The number of aryl methyl sites for hydroxylation is 1. The highest BCUT2D eigenvalue weighted by molar-refractivity contribution is 5.94. The Kier molecular flexibility index (Phi) is 5.20. The minimum Gasteiger partial charge on any atom is -0.360 e. The number of ketones is 1. The molecule has 1 saturated heterocycles. The van der Waals surface area contributed by atoms with Gasteiger partial charge in [0.25, 0.3) is 0 Å². The fraction of sp³-hybridized carbons (Fsp3) is 0.650. The van der Waals surface area contributed by atoms with Crippen molar-refractivity contribution in [2.45, 2.75) is 57.4 Å². The van der Waals surface area contributed by atoms with E-state index in [9.17, 15) is 4.79 Å². The fourth-order valence-corrected chi connectivity index (χ4v) is 4.41. The summed E-state index contributed by atoms with van der Waals surface area (Å²) in [7, 11) is 1.88. The molecule has 0 amide bonds. The average Bonchev–Trinajstić information content (AvgIpc) is 3.31. The zero-order valence-corrected chi connectivity index (χ0v) is 15.6. The highest BCUT2D eigenvalue weighted by atomic mass is 16.5. The van der Waals surface area contributed by atoms with Gasteiger partial charge >= 0.3 is 0 Å². The summed E-state index contributed by atoms with van der Waals surface area (Å²) in [6.45, 7) is 2.51. The van der Waals surface area contributed by atoms with E-state index >= 15 is 0 Å². The summed E-state index contributed by atoms with van der Waals surface area (Å²) in [4.78, 5) is 19.3. The maximum absolute atomic E-state index is 12.7. The van der Waals surface area contributed by atoms with E-state index in [-0.39, 0.29) is 11.7 Å². The molecular formula is C20H28N4O2. The minimum atomic E-state index is 0.0191. The number of carbonyl (C=O) groups excluding carboxylic acids is 1. The lowest BCUT2D eigenvalue weighted by atomic mass is 9.87. The van der Waals surface area contributed by atoms with E-state index in [0.717, 1.165) is 43.9 Å². The second-order valence-electron chi connectivity index (χ2n) is 7.85. The van der Waals surface area contributed by atoms with Crippen molar-refractivity contribution in [3.63, 3.8) is 0 Å². The number of rotatable bonds is 5. The second-order valence-corrected chi connectivity index (χ2v) is 7.85. The summed E-state index contributed by atoms with van der Waals surface area (Å²) >= 11 is 0. The highest BCUT2D eigenvalue weighted by Crippen LogP contribution is 2.32. The van der Waals surface area contributed by atoms with Gasteiger partial charge in [-0.2, -0.15) is 0 Å². The molecule has 26 heavy (non-hydrogen) atoms. The molecule has 1 saturated carbocycles. The van der Waals surface area contributed by atoms with Gasteiger partial charge in [-0.05, 0) is 32.2 Å². The summed E-state index contributed by atoms with van der Waals surface area (Å²) in [5.74, 6) is 2.24. The van der Waals surface area contributed by atoms with Crippen molar-refractivity contribution in [2.75, 3.05) is 13.1 Å². The molecule has 1 unspecified atom stereocenters. The molecule has 0 N–H and O–H groups in total. The van der Waals surface area contributed by atoms with Crippen LogP contribution in [-0.2, 0) is 13.6 Å². The van der Waals surface area contributed by atoms with Crippen LogP contribution >= 0.6 is 0 Å². The zero-order valence-electron chi connectivity index (χ0n) is 15.6. The topological polar surface area (TPSA) is 64.2 Å². The largest absolute Gasteiger partial charge is 0.360 e. The van der Waals surface area contributed by atoms with E-state index in [1.807, 2.05) is 17.8 Å². The highest BCUT2D eigenvalue weighted by Gasteiger charge is 2.29. The van der Waals surface area contributed by atoms with E-state index in [2.05, 4.69) is 21.1 Å². The van der Waals surface area contributed by atoms with Crippen LogP contribution in [0.2, 0.25) is 0 Å². The smallest absolute Gasteiger partial charge is 0.202 e. The first-order chi connectivity index (χ1) is 12.7. The molecule has 2 aromatic rings. The predicted molar refractivity (Wildman–Crippen MR) is 97.9 cm³/mol. The molecule has 4 rings (SSSR count). The Morgan fingerprint density at radius 2 is 2.08 bits per heavy atom. The van der Waals surface area contributed by atoms with E-state index < -0.39 is 0 Å². The van der Waals surface area contributed by atoms with Gasteiger partial charge in [-0.25, -0.2) is 4.98 Å². The lowest BCUT2D eigenvalue weighted by Gasteiger charge is -2.30. The Hall–Kier alpha value is -1.95. The lowest BCUT2D eigenvalue weighted by Crippen LogP contribution is -2.38. The summed E-state index contributed by atoms with van der Waals surface area (Å²) in [6, 6.07) is 2.14. The molecule has 2 aromatic heterocycles. The van der Waals surface area contributed by atoms with Crippen LogP contribution in [0.5, 0.6) is 0 Å². The molecule has 1 aliphatic heterocycles. The van der Waals surface area contributed by atoms with Crippen LogP contribution in [0.1, 0.15) is 72.9 Å². The van der Waals surface area contributed by atoms with Crippen molar-refractivity contribution >= 4 is 5.78 Å². The van der Waals surface area contributed by atoms with Gasteiger partial charge in [0.2, 0.25) is 5.78 Å². The lowest BCUT2D eigenvalue weighted by molar-refractivity contribution is 0.0786. The molecule has 1 aliphatic carbocycles. The Morgan fingerprint density at radius 1 is 1.23 bits per heavy atom. The van der Waals surface area contributed by atoms with Gasteiger partial charge in [0.15, 0.2) is 11.6 Å². The van der Waals surface area contributed by atoms with Gasteiger partial charge in [-0.1, -0.05) is 24.4 Å². The monoisotopic (exact) mass is 356 g/mol. The SMILES string of the molecule is Cn1ccnc1C(=O)C1CCCN(Cc2cc(C3CCCCC3)no2)C1. The third kappa shape index (κ3) is 3.75. The molecule has 6 nitrogen and oxygen atoms in total. The summed E-state index contributed by atoms with van der Waals surface area (Å²) in [6.07, 6.45) is 11.9. The summed E-state index contributed by atoms with van der Waals surface area (Å²) in [5, 5.41) is 4.33. The molecule has 0 radical (unpaired) electrons. The van der Waals surface area contributed by atoms with Crippen molar-refractivity contribution in [2.24, 2.45) is 13.0 Å². The molecule has 0 aromatic carbocycles. The Labute approximate surface area is 154 Å². The molecule has 0 spiro atoms. The fourth-order valence-electron chi connectivity index (χ4n) is 4.41. The number of imidazole rings is 1. The van der Waals surface area contributed by atoms with E-state index in [0.29, 0.717) is 11.7 Å². The maximum atomic E-state index is 12.7. The number of nitrogens with zero attached hydrogens (tertiary/aromatic N) is 4. The summed E-state index contributed by atoms with van der Waals surface area (Å²) in [5.41, 5.74) is 1.12. The van der Waals surface area contributed by atoms with Crippen LogP contribution in [0.25, 0.3) is 0 Å². The number of piperidine rings is 1. The second kappa shape index (κ2) is 7.74. The third-order valence-electron chi connectivity index (χ3n) is 5.90. The Morgan fingerprint density at radius 3 is 2.85 bits per heavy atom. The van der Waals surface area contributed by atoms with Crippen LogP contribution in [0.15, 0.2) is 23.0 Å². The molecule has 2 fully saturated rings. The zero-order chi connectivity index (χ0) is 17.9. The van der Waals surface area contributed by atoms with Crippen LogP contribution in [0.4, 0.5) is 0 Å². The maximum Gasteiger partial charge on any atom is 0.202 e. The van der Waals surface area contributed by atoms with Gasteiger partial charge in [0, 0.05) is 43.9 Å². The molecule has 3 heterocycles. The first kappa shape index (κ1) is 17.5. The van der Waals surface area contributed by atoms with Gasteiger partial charge in [-0.3, -0.25) is 9.69 Å². The molecule has 140 valence electrons. The van der Waals surface area contributed by atoms with Gasteiger partial charge in [-0.15, -0.1) is 0 Å². The molecular weight excluding hydrogens is 328 g/mol. The van der Waals surface area contributed by atoms with Crippen LogP contribution in [0.3, 0.4) is 0 Å².